The zero-order valence-corrected chi connectivity index (χ0v) is 19.8. The second kappa shape index (κ2) is 11.5. The van der Waals surface area contributed by atoms with E-state index in [1.165, 1.54) is 0 Å². The number of amides is 1. The monoisotopic (exact) mass is 516 g/mol. The average molecular weight is 516 g/mol. The van der Waals surface area contributed by atoms with Gasteiger partial charge in [0.05, 0.1) is 6.54 Å². The lowest BCUT2D eigenvalue weighted by Gasteiger charge is -2.36. The van der Waals surface area contributed by atoms with E-state index in [1.54, 1.807) is 0 Å². The van der Waals surface area contributed by atoms with Crippen LogP contribution in [0.25, 0.3) is 0 Å². The predicted octanol–water partition coefficient (Wildman–Crippen LogP) is 0.613. The summed E-state index contributed by atoms with van der Waals surface area (Å²) in [5.41, 5.74) is 0. The number of piperazine rings is 1. The molecule has 0 aliphatic carbocycles. The van der Waals surface area contributed by atoms with Gasteiger partial charge in [0.15, 0.2) is 11.8 Å². The van der Waals surface area contributed by atoms with E-state index in [9.17, 15) is 4.79 Å². The van der Waals surface area contributed by atoms with Crippen LogP contribution >= 0.6 is 24.0 Å². The summed E-state index contributed by atoms with van der Waals surface area (Å²) in [7, 11) is 1.95. The van der Waals surface area contributed by atoms with Crippen LogP contribution in [0.3, 0.4) is 0 Å². The molecule has 1 aromatic heterocycles. The maximum absolute atomic E-state index is 12.4. The molecule has 0 saturated carbocycles. The molecule has 162 valence electrons. The molecular formula is C19H33IN8O. The first-order chi connectivity index (χ1) is 13.6. The third-order valence-electron chi connectivity index (χ3n) is 5.45. The molecular weight excluding hydrogens is 483 g/mol. The number of rotatable bonds is 6. The van der Waals surface area contributed by atoms with E-state index < -0.39 is 0 Å². The Bertz CT molecular complexity index is 705. The Balaban J connectivity index is 0.00000300. The maximum atomic E-state index is 12.4. The van der Waals surface area contributed by atoms with Crippen LogP contribution in [0, 0.1) is 6.92 Å². The van der Waals surface area contributed by atoms with Gasteiger partial charge in [0.2, 0.25) is 5.91 Å². The van der Waals surface area contributed by atoms with E-state index in [0.717, 1.165) is 69.7 Å². The van der Waals surface area contributed by atoms with Crippen molar-refractivity contribution < 1.29 is 4.79 Å². The highest BCUT2D eigenvalue weighted by Crippen LogP contribution is 2.10. The molecule has 0 bridgehead atoms. The number of likely N-dealkylation sites (tertiary alicyclic amines) is 1. The van der Waals surface area contributed by atoms with Crippen LogP contribution in [0.1, 0.15) is 24.5 Å². The third kappa shape index (κ3) is 6.39. The normalized spacial score (nSPS) is 17.9. The molecule has 3 rings (SSSR count). The second-order valence-electron chi connectivity index (χ2n) is 7.38. The number of aryl methyl sites for hydroxylation is 1. The number of carbonyl (C=O) groups excluding carboxylic acids is 1. The molecule has 0 spiro atoms. The molecule has 1 N–H and O–H groups in total. The Morgan fingerprint density at radius 1 is 1.14 bits per heavy atom. The Kier molecular flexibility index (Phi) is 9.34. The SMILES string of the molecule is C=CCNC(=NCc1nnc(C)n1C)N1CCN(CC(=O)N2CCCC2)CC1.I. The van der Waals surface area contributed by atoms with Crippen LogP contribution in [0.5, 0.6) is 0 Å². The smallest absolute Gasteiger partial charge is 0.236 e. The van der Waals surface area contributed by atoms with Crippen molar-refractivity contribution in [1.82, 2.24) is 34.8 Å². The van der Waals surface area contributed by atoms with E-state index in [1.807, 2.05) is 29.5 Å². The lowest BCUT2D eigenvalue weighted by molar-refractivity contribution is -0.131. The van der Waals surface area contributed by atoms with Gasteiger partial charge in [-0.1, -0.05) is 6.08 Å². The highest BCUT2D eigenvalue weighted by Gasteiger charge is 2.24. The zero-order chi connectivity index (χ0) is 19.9. The fourth-order valence-corrected chi connectivity index (χ4v) is 3.54. The van der Waals surface area contributed by atoms with Gasteiger partial charge >= 0.3 is 0 Å². The molecule has 2 aliphatic rings. The third-order valence-corrected chi connectivity index (χ3v) is 5.45. The van der Waals surface area contributed by atoms with Crippen LogP contribution in [-0.2, 0) is 18.4 Å². The van der Waals surface area contributed by atoms with Crippen LogP contribution in [-0.4, -0.2) is 93.7 Å². The summed E-state index contributed by atoms with van der Waals surface area (Å²) in [4.78, 5) is 23.6. The summed E-state index contributed by atoms with van der Waals surface area (Å²) in [5.74, 6) is 2.83. The molecule has 10 heteroatoms. The van der Waals surface area contributed by atoms with Crippen molar-refractivity contribution in [3.05, 3.63) is 24.3 Å². The Hall–Kier alpha value is -1.69. The number of nitrogens with zero attached hydrogens (tertiary/aromatic N) is 7. The first-order valence-electron chi connectivity index (χ1n) is 10.1. The van der Waals surface area contributed by atoms with Crippen molar-refractivity contribution in [3.63, 3.8) is 0 Å². The Morgan fingerprint density at radius 2 is 1.83 bits per heavy atom. The van der Waals surface area contributed by atoms with E-state index in [4.69, 9.17) is 4.99 Å². The van der Waals surface area contributed by atoms with Gasteiger partial charge in [0.25, 0.3) is 0 Å². The molecule has 0 radical (unpaired) electrons. The Morgan fingerprint density at radius 3 is 2.41 bits per heavy atom. The predicted molar refractivity (Wildman–Crippen MR) is 124 cm³/mol. The van der Waals surface area contributed by atoms with Crippen molar-refractivity contribution in [3.8, 4) is 0 Å². The average Bonchev–Trinajstić information content (AvgIpc) is 3.35. The summed E-state index contributed by atoms with van der Waals surface area (Å²) in [5, 5.41) is 11.6. The molecule has 3 heterocycles. The molecule has 0 atom stereocenters. The van der Waals surface area contributed by atoms with Gasteiger partial charge in [-0.05, 0) is 19.8 Å². The number of aromatic nitrogens is 3. The van der Waals surface area contributed by atoms with Crippen LogP contribution in [0.2, 0.25) is 0 Å². The van der Waals surface area contributed by atoms with Gasteiger partial charge in [-0.3, -0.25) is 9.69 Å². The highest BCUT2D eigenvalue weighted by atomic mass is 127. The lowest BCUT2D eigenvalue weighted by Crippen LogP contribution is -2.54. The largest absolute Gasteiger partial charge is 0.353 e. The van der Waals surface area contributed by atoms with Gasteiger partial charge in [-0.15, -0.1) is 40.8 Å². The first kappa shape index (κ1) is 23.6. The van der Waals surface area contributed by atoms with Gasteiger partial charge in [-0.25, -0.2) is 4.99 Å². The molecule has 9 nitrogen and oxygen atoms in total. The summed E-state index contributed by atoms with van der Waals surface area (Å²) in [6, 6.07) is 0. The van der Waals surface area contributed by atoms with E-state index in [2.05, 4.69) is 31.9 Å². The first-order valence-corrected chi connectivity index (χ1v) is 10.1. The van der Waals surface area contributed by atoms with E-state index in [-0.39, 0.29) is 29.9 Å². The van der Waals surface area contributed by atoms with Crippen LogP contribution in [0.4, 0.5) is 0 Å². The van der Waals surface area contributed by atoms with Gasteiger partial charge in [-0.2, -0.15) is 0 Å². The molecule has 29 heavy (non-hydrogen) atoms. The minimum absolute atomic E-state index is 0. The van der Waals surface area contributed by atoms with E-state index in [0.29, 0.717) is 19.6 Å². The van der Waals surface area contributed by atoms with Crippen molar-refractivity contribution in [2.75, 3.05) is 52.4 Å². The fraction of sp³-hybridized carbons (Fsp3) is 0.684. The van der Waals surface area contributed by atoms with Crippen molar-refractivity contribution in [1.29, 1.82) is 0 Å². The van der Waals surface area contributed by atoms with Crippen LogP contribution in [0.15, 0.2) is 17.6 Å². The summed E-state index contributed by atoms with van der Waals surface area (Å²) in [6.07, 6.45) is 4.10. The summed E-state index contributed by atoms with van der Waals surface area (Å²) < 4.78 is 1.95. The number of carbonyl (C=O) groups is 1. The van der Waals surface area contributed by atoms with Gasteiger partial charge in [0.1, 0.15) is 12.4 Å². The topological polar surface area (TPSA) is 81.9 Å². The number of hydrogen-bond donors (Lipinski definition) is 1. The number of nitrogens with one attached hydrogen (secondary N) is 1. The maximum Gasteiger partial charge on any atom is 0.236 e. The van der Waals surface area contributed by atoms with Crippen LogP contribution < -0.4 is 5.32 Å². The summed E-state index contributed by atoms with van der Waals surface area (Å²) >= 11 is 0. The second-order valence-corrected chi connectivity index (χ2v) is 7.38. The van der Waals surface area contributed by atoms with Crippen molar-refractivity contribution >= 4 is 35.8 Å². The molecule has 0 unspecified atom stereocenters. The Labute approximate surface area is 190 Å². The highest BCUT2D eigenvalue weighted by molar-refractivity contribution is 14.0. The minimum atomic E-state index is 0. The zero-order valence-electron chi connectivity index (χ0n) is 17.5. The molecule has 0 aromatic carbocycles. The lowest BCUT2D eigenvalue weighted by atomic mass is 10.3. The van der Waals surface area contributed by atoms with Gasteiger partial charge in [0, 0.05) is 52.9 Å². The van der Waals surface area contributed by atoms with Gasteiger partial charge < -0.3 is 19.7 Å². The van der Waals surface area contributed by atoms with E-state index >= 15 is 0 Å². The molecule has 2 aliphatic heterocycles. The molecule has 1 amide bonds. The molecule has 1 aromatic rings. The molecule has 2 fully saturated rings. The standard InChI is InChI=1S/C19H32N8O.HI/c1-4-7-20-19(21-14-17-23-22-16(2)24(17)3)27-12-10-25(11-13-27)15-18(28)26-8-5-6-9-26;/h4H,1,5-15H2,2-3H3,(H,20,21);1H. The summed E-state index contributed by atoms with van der Waals surface area (Å²) in [6.45, 7) is 12.6. The van der Waals surface area contributed by atoms with Crippen molar-refractivity contribution in [2.24, 2.45) is 12.0 Å². The number of halogens is 1. The number of guanidine groups is 1. The van der Waals surface area contributed by atoms with Crippen molar-refractivity contribution in [2.45, 2.75) is 26.3 Å². The number of aliphatic imine (C=N–C) groups is 1. The number of hydrogen-bond acceptors (Lipinski definition) is 5. The minimum Gasteiger partial charge on any atom is -0.353 e. The molecule has 2 saturated heterocycles. The fourth-order valence-electron chi connectivity index (χ4n) is 3.54. The quantitative estimate of drug-likeness (QED) is 0.259.